The van der Waals surface area contributed by atoms with Gasteiger partial charge < -0.3 is 5.11 Å². The highest BCUT2D eigenvalue weighted by Gasteiger charge is 2.40. The lowest BCUT2D eigenvalue weighted by molar-refractivity contribution is -0.113. The van der Waals surface area contributed by atoms with Crippen LogP contribution in [-0.4, -0.2) is 44.9 Å². The number of fused-ring (bicyclic) bond motifs is 1. The van der Waals surface area contributed by atoms with Gasteiger partial charge in [-0.15, -0.1) is 0 Å². The van der Waals surface area contributed by atoms with Crippen LogP contribution in [0.5, 0.6) is 0 Å². The molecule has 0 spiro atoms. The normalized spacial score (nSPS) is 18.9. The van der Waals surface area contributed by atoms with E-state index in [0.29, 0.717) is 23.3 Å². The monoisotopic (exact) mass is 464 g/mol. The Morgan fingerprint density at radius 2 is 1.77 bits per heavy atom. The molecule has 1 aromatic heterocycles. The maximum atomic E-state index is 12.7. The van der Waals surface area contributed by atoms with Crippen molar-refractivity contribution in [3.8, 4) is 11.3 Å². The first-order valence-corrected chi connectivity index (χ1v) is 11.5. The Bertz CT molecular complexity index is 1390. The maximum Gasteiger partial charge on any atom is 0.335 e. The number of benzene rings is 2. The summed E-state index contributed by atoms with van der Waals surface area (Å²) in [6.45, 7) is 3.48. The number of ketones is 1. The van der Waals surface area contributed by atoms with Crippen LogP contribution in [-0.2, 0) is 4.79 Å². The lowest BCUT2D eigenvalue weighted by atomic mass is 9.91. The van der Waals surface area contributed by atoms with E-state index in [9.17, 15) is 14.7 Å². The summed E-state index contributed by atoms with van der Waals surface area (Å²) in [5.74, 6) is -1.33. The molecule has 174 valence electrons. The number of allylic oxidation sites excluding steroid dienone is 2. The number of aromatic carboxylic acids is 1. The second kappa shape index (κ2) is 9.10. The number of hydrogen-bond donors (Lipinski definition) is 1. The smallest absolute Gasteiger partial charge is 0.335 e. The summed E-state index contributed by atoms with van der Waals surface area (Å²) >= 11 is 0. The van der Waals surface area contributed by atoms with Crippen LogP contribution in [0.25, 0.3) is 11.3 Å². The molecular formula is C28H24N4O3. The second-order valence-electron chi connectivity index (χ2n) is 8.49. The topological polar surface area (TPSA) is 95.2 Å². The van der Waals surface area contributed by atoms with E-state index in [0.717, 1.165) is 22.5 Å². The highest BCUT2D eigenvalue weighted by atomic mass is 16.4. The Kier molecular flexibility index (Phi) is 5.82. The molecule has 2 atom stereocenters. The lowest BCUT2D eigenvalue weighted by Crippen LogP contribution is -2.37. The van der Waals surface area contributed by atoms with Gasteiger partial charge in [0.25, 0.3) is 0 Å². The lowest BCUT2D eigenvalue weighted by Gasteiger charge is -2.33. The molecule has 0 fully saturated rings. The molecule has 5 rings (SSSR count). The van der Waals surface area contributed by atoms with Crippen molar-refractivity contribution in [2.45, 2.75) is 32.4 Å². The molecule has 0 aliphatic carbocycles. The number of pyridine rings is 1. The average molecular weight is 465 g/mol. The van der Waals surface area contributed by atoms with Crippen LogP contribution in [0.3, 0.4) is 0 Å². The quantitative estimate of drug-likeness (QED) is 0.559. The molecule has 0 bridgehead atoms. The Morgan fingerprint density at radius 1 is 1.00 bits per heavy atom. The zero-order valence-electron chi connectivity index (χ0n) is 19.4. The van der Waals surface area contributed by atoms with Crippen molar-refractivity contribution in [2.75, 3.05) is 0 Å². The molecule has 2 aliphatic rings. The molecule has 35 heavy (non-hydrogen) atoms. The third kappa shape index (κ3) is 4.05. The van der Waals surface area contributed by atoms with Crippen molar-refractivity contribution in [3.63, 3.8) is 0 Å². The minimum atomic E-state index is -1.03. The first kappa shape index (κ1) is 22.4. The van der Waals surface area contributed by atoms with E-state index < -0.39 is 5.97 Å². The number of nitrogens with zero attached hydrogens (tertiary/aromatic N) is 4. The van der Waals surface area contributed by atoms with Gasteiger partial charge >= 0.3 is 5.97 Å². The van der Waals surface area contributed by atoms with Crippen molar-refractivity contribution < 1.29 is 14.7 Å². The molecule has 1 N–H and O–H groups in total. The number of aliphatic imine (C=N–C) groups is 1. The van der Waals surface area contributed by atoms with Gasteiger partial charge in [-0.1, -0.05) is 55.5 Å². The minimum Gasteiger partial charge on any atom is -0.478 e. The first-order chi connectivity index (χ1) is 17.0. The summed E-state index contributed by atoms with van der Waals surface area (Å²) < 4.78 is 0. The Balaban J connectivity index is 1.56. The fourth-order valence-electron chi connectivity index (χ4n) is 4.62. The highest BCUT2D eigenvalue weighted by molar-refractivity contribution is 6.29. The Hall–Kier alpha value is -4.39. The third-order valence-corrected chi connectivity index (χ3v) is 6.30. The largest absolute Gasteiger partial charge is 0.478 e. The van der Waals surface area contributed by atoms with Gasteiger partial charge in [-0.3, -0.25) is 14.8 Å². The van der Waals surface area contributed by atoms with Crippen LogP contribution in [0.1, 0.15) is 47.7 Å². The number of hydrazone groups is 1. The van der Waals surface area contributed by atoms with Crippen LogP contribution in [0.2, 0.25) is 0 Å². The molecular weight excluding hydrogens is 440 g/mol. The van der Waals surface area contributed by atoms with E-state index in [2.05, 4.69) is 10.1 Å². The molecule has 2 unspecified atom stereocenters. The zero-order valence-corrected chi connectivity index (χ0v) is 19.4. The van der Waals surface area contributed by atoms with Crippen LogP contribution >= 0.6 is 0 Å². The second-order valence-corrected chi connectivity index (χ2v) is 8.49. The van der Waals surface area contributed by atoms with E-state index in [1.165, 1.54) is 13.0 Å². The summed E-state index contributed by atoms with van der Waals surface area (Å²) in [5.41, 5.74) is 5.39. The number of carboxylic acids is 1. The zero-order chi connectivity index (χ0) is 24.5. The van der Waals surface area contributed by atoms with Crippen molar-refractivity contribution in [1.82, 2.24) is 9.99 Å². The van der Waals surface area contributed by atoms with E-state index in [1.807, 2.05) is 66.8 Å². The van der Waals surface area contributed by atoms with E-state index in [1.54, 1.807) is 18.2 Å². The average Bonchev–Trinajstić information content (AvgIpc) is 3.32. The maximum absolute atomic E-state index is 12.7. The van der Waals surface area contributed by atoms with Gasteiger partial charge in [0, 0.05) is 23.5 Å². The van der Waals surface area contributed by atoms with Crippen LogP contribution in [0.4, 0.5) is 0 Å². The molecule has 0 saturated carbocycles. The number of Topliss-reactive ketones (excluding diaryl/α,β-unsaturated/α-hetero) is 1. The molecule has 0 radical (unpaired) electrons. The number of carbonyl (C=O) groups is 2. The summed E-state index contributed by atoms with van der Waals surface area (Å²) in [6, 6.07) is 20.6. The number of carbonyl (C=O) groups excluding carboxylic acids is 1. The number of carboxylic acid groups (broad SMARTS) is 1. The van der Waals surface area contributed by atoms with Gasteiger partial charge in [0.05, 0.1) is 34.2 Å². The fraction of sp³-hybridized carbons (Fsp3) is 0.179. The third-order valence-electron chi connectivity index (χ3n) is 6.30. The van der Waals surface area contributed by atoms with E-state index in [4.69, 9.17) is 4.99 Å². The molecule has 2 aliphatic heterocycles. The Morgan fingerprint density at radius 3 is 2.43 bits per heavy atom. The summed E-state index contributed by atoms with van der Waals surface area (Å²) in [5, 5.41) is 15.9. The van der Waals surface area contributed by atoms with Gasteiger partial charge in [0.2, 0.25) is 0 Å². The molecule has 0 amide bonds. The number of rotatable bonds is 6. The number of aromatic nitrogens is 1. The predicted octanol–water partition coefficient (Wildman–Crippen LogP) is 4.91. The summed E-state index contributed by atoms with van der Waals surface area (Å²) in [7, 11) is 0. The van der Waals surface area contributed by atoms with Crippen LogP contribution in [0, 0.1) is 0 Å². The van der Waals surface area contributed by atoms with Gasteiger partial charge in [-0.25, -0.2) is 9.80 Å². The van der Waals surface area contributed by atoms with Crippen molar-refractivity contribution in [2.24, 2.45) is 10.1 Å². The molecule has 3 heterocycles. The standard InChI is InChI=1S/C28H24N4O3/c1-3-24-25(17(2)33)26(19-10-7-11-20(14-19)28(34)35)31-27-22(16-30-32(24)27)21-12-13-23(29-15-21)18-8-5-4-6-9-18/h4-16,22,27H,3H2,1-2H3,(H,34,35). The molecule has 0 saturated heterocycles. The molecule has 7 nitrogen and oxygen atoms in total. The van der Waals surface area contributed by atoms with Gasteiger partial charge in [-0.05, 0) is 37.1 Å². The van der Waals surface area contributed by atoms with E-state index in [-0.39, 0.29) is 23.4 Å². The Labute approximate surface area is 203 Å². The van der Waals surface area contributed by atoms with Crippen molar-refractivity contribution in [3.05, 3.63) is 101 Å². The van der Waals surface area contributed by atoms with Crippen LogP contribution in [0.15, 0.2) is 94.3 Å². The van der Waals surface area contributed by atoms with Gasteiger partial charge in [0.15, 0.2) is 11.9 Å². The highest BCUT2D eigenvalue weighted by Crippen LogP contribution is 2.38. The van der Waals surface area contributed by atoms with Crippen molar-refractivity contribution >= 4 is 23.7 Å². The predicted molar refractivity (Wildman–Crippen MR) is 134 cm³/mol. The molecule has 2 aromatic carbocycles. The van der Waals surface area contributed by atoms with Crippen LogP contribution < -0.4 is 0 Å². The van der Waals surface area contributed by atoms with E-state index >= 15 is 0 Å². The van der Waals surface area contributed by atoms with Gasteiger partial charge in [0.1, 0.15) is 0 Å². The SMILES string of the molecule is CCC1=C(C(C)=O)C(c2cccc(C(=O)O)c2)=NC2C(c3ccc(-c4ccccc4)nc3)C=NN12. The first-order valence-electron chi connectivity index (χ1n) is 11.5. The minimum absolute atomic E-state index is 0.132. The van der Waals surface area contributed by atoms with Gasteiger partial charge in [-0.2, -0.15) is 5.10 Å². The summed E-state index contributed by atoms with van der Waals surface area (Å²) in [6.07, 6.45) is 3.88. The summed E-state index contributed by atoms with van der Waals surface area (Å²) in [4.78, 5) is 33.9. The van der Waals surface area contributed by atoms with Crippen molar-refractivity contribution in [1.29, 1.82) is 0 Å². The fourth-order valence-corrected chi connectivity index (χ4v) is 4.62. The molecule has 3 aromatic rings. The molecule has 7 heteroatoms. The number of hydrogen-bond acceptors (Lipinski definition) is 6.